The Kier molecular flexibility index (Phi) is 3.66. The predicted octanol–water partition coefficient (Wildman–Crippen LogP) is 1.55. The van der Waals surface area contributed by atoms with Gasteiger partial charge in [-0.1, -0.05) is 0 Å². The molecule has 0 saturated heterocycles. The fourth-order valence-electron chi connectivity index (χ4n) is 1.67. The molecule has 2 aromatic heterocycles. The molecule has 0 aliphatic rings. The van der Waals surface area contributed by atoms with Crippen LogP contribution in [0.2, 0.25) is 0 Å². The molecular formula is C12H16N4. The van der Waals surface area contributed by atoms with Crippen LogP contribution >= 0.6 is 0 Å². The first kappa shape index (κ1) is 10.8. The number of hydrogen-bond acceptors (Lipinski definition) is 3. The SMILES string of the molecule is CNCCCn1ccnc1-c1cccnc1. The Morgan fingerprint density at radius 2 is 2.31 bits per heavy atom. The van der Waals surface area contributed by atoms with E-state index in [1.807, 2.05) is 37.8 Å². The van der Waals surface area contributed by atoms with Gasteiger partial charge in [-0.3, -0.25) is 4.98 Å². The summed E-state index contributed by atoms with van der Waals surface area (Å²) < 4.78 is 2.16. The third kappa shape index (κ3) is 2.46. The molecule has 0 aliphatic heterocycles. The molecule has 16 heavy (non-hydrogen) atoms. The van der Waals surface area contributed by atoms with E-state index in [0.29, 0.717) is 0 Å². The molecule has 1 N–H and O–H groups in total. The number of nitrogens with one attached hydrogen (secondary N) is 1. The van der Waals surface area contributed by atoms with Crippen molar-refractivity contribution < 1.29 is 0 Å². The largest absolute Gasteiger partial charge is 0.331 e. The summed E-state index contributed by atoms with van der Waals surface area (Å²) in [4.78, 5) is 8.48. The summed E-state index contributed by atoms with van der Waals surface area (Å²) in [5.41, 5.74) is 1.07. The maximum atomic E-state index is 4.37. The van der Waals surface area contributed by atoms with Gasteiger partial charge in [0.25, 0.3) is 0 Å². The molecule has 2 heterocycles. The van der Waals surface area contributed by atoms with E-state index in [1.54, 1.807) is 6.20 Å². The molecule has 0 radical (unpaired) electrons. The molecule has 0 spiro atoms. The zero-order valence-corrected chi connectivity index (χ0v) is 9.43. The third-order valence-electron chi connectivity index (χ3n) is 2.46. The lowest BCUT2D eigenvalue weighted by molar-refractivity contribution is 0.617. The van der Waals surface area contributed by atoms with Crippen molar-refractivity contribution in [1.29, 1.82) is 0 Å². The van der Waals surface area contributed by atoms with E-state index < -0.39 is 0 Å². The van der Waals surface area contributed by atoms with E-state index in [9.17, 15) is 0 Å². The van der Waals surface area contributed by atoms with Gasteiger partial charge in [-0.25, -0.2) is 4.98 Å². The van der Waals surface area contributed by atoms with Crippen molar-refractivity contribution in [2.45, 2.75) is 13.0 Å². The van der Waals surface area contributed by atoms with Gasteiger partial charge < -0.3 is 9.88 Å². The molecule has 0 atom stereocenters. The van der Waals surface area contributed by atoms with Crippen molar-refractivity contribution >= 4 is 0 Å². The number of pyridine rings is 1. The first-order valence-electron chi connectivity index (χ1n) is 5.48. The molecule has 4 heteroatoms. The van der Waals surface area contributed by atoms with Gasteiger partial charge in [0.1, 0.15) is 5.82 Å². The molecule has 0 unspecified atom stereocenters. The summed E-state index contributed by atoms with van der Waals surface area (Å²) in [6.07, 6.45) is 8.56. The summed E-state index contributed by atoms with van der Waals surface area (Å²) in [5.74, 6) is 0.990. The summed E-state index contributed by atoms with van der Waals surface area (Å²) in [5, 5.41) is 3.14. The Morgan fingerprint density at radius 3 is 3.06 bits per heavy atom. The summed E-state index contributed by atoms with van der Waals surface area (Å²) in [6.45, 7) is 2.00. The molecule has 0 bridgehead atoms. The lowest BCUT2D eigenvalue weighted by Gasteiger charge is -2.07. The standard InChI is InChI=1S/C12H16N4/c1-13-5-3-8-16-9-7-15-12(16)11-4-2-6-14-10-11/h2,4,6-7,9-10,13H,3,5,8H2,1H3. The Morgan fingerprint density at radius 1 is 1.38 bits per heavy atom. The molecule has 0 fully saturated rings. The number of aromatic nitrogens is 3. The lowest BCUT2D eigenvalue weighted by Crippen LogP contribution is -2.11. The second-order valence-electron chi connectivity index (χ2n) is 3.64. The molecule has 0 saturated carbocycles. The fraction of sp³-hybridized carbons (Fsp3) is 0.333. The van der Waals surface area contributed by atoms with Gasteiger partial charge in [0.2, 0.25) is 0 Å². The number of aryl methyl sites for hydroxylation is 1. The molecule has 2 rings (SSSR count). The average molecular weight is 216 g/mol. The van der Waals surface area contributed by atoms with Crippen LogP contribution in [0.15, 0.2) is 36.9 Å². The van der Waals surface area contributed by atoms with E-state index in [2.05, 4.69) is 19.9 Å². The van der Waals surface area contributed by atoms with Crippen LogP contribution in [0.1, 0.15) is 6.42 Å². The zero-order chi connectivity index (χ0) is 11.2. The Hall–Kier alpha value is -1.68. The van der Waals surface area contributed by atoms with Gasteiger partial charge in [-0.05, 0) is 32.1 Å². The van der Waals surface area contributed by atoms with Gasteiger partial charge in [0, 0.05) is 36.9 Å². The summed E-state index contributed by atoms with van der Waals surface area (Å²) in [6, 6.07) is 3.96. The van der Waals surface area contributed by atoms with Gasteiger partial charge in [-0.2, -0.15) is 0 Å². The predicted molar refractivity (Wildman–Crippen MR) is 64.0 cm³/mol. The minimum Gasteiger partial charge on any atom is -0.331 e. The van der Waals surface area contributed by atoms with Gasteiger partial charge >= 0.3 is 0 Å². The smallest absolute Gasteiger partial charge is 0.141 e. The van der Waals surface area contributed by atoms with Gasteiger partial charge in [0.15, 0.2) is 0 Å². The lowest BCUT2D eigenvalue weighted by atomic mass is 10.2. The maximum absolute atomic E-state index is 4.37. The Bertz CT molecular complexity index is 422. The summed E-state index contributed by atoms with van der Waals surface area (Å²) >= 11 is 0. The minimum atomic E-state index is 0.977. The zero-order valence-electron chi connectivity index (χ0n) is 9.43. The van der Waals surface area contributed by atoms with E-state index in [-0.39, 0.29) is 0 Å². The van der Waals surface area contributed by atoms with E-state index in [1.165, 1.54) is 0 Å². The number of rotatable bonds is 5. The van der Waals surface area contributed by atoms with Crippen LogP contribution in [-0.2, 0) is 6.54 Å². The Balaban J connectivity index is 2.13. The normalized spacial score (nSPS) is 10.6. The van der Waals surface area contributed by atoms with Crippen molar-refractivity contribution in [1.82, 2.24) is 19.9 Å². The molecule has 4 nitrogen and oxygen atoms in total. The van der Waals surface area contributed by atoms with E-state index in [0.717, 1.165) is 30.9 Å². The van der Waals surface area contributed by atoms with Crippen LogP contribution in [0.3, 0.4) is 0 Å². The van der Waals surface area contributed by atoms with Crippen LogP contribution in [-0.4, -0.2) is 28.1 Å². The molecule has 0 aliphatic carbocycles. The van der Waals surface area contributed by atoms with Crippen LogP contribution in [0.25, 0.3) is 11.4 Å². The van der Waals surface area contributed by atoms with Crippen molar-refractivity contribution in [3.8, 4) is 11.4 Å². The highest BCUT2D eigenvalue weighted by Gasteiger charge is 2.04. The second kappa shape index (κ2) is 5.42. The molecule has 0 amide bonds. The molecule has 84 valence electrons. The maximum Gasteiger partial charge on any atom is 0.141 e. The van der Waals surface area contributed by atoms with Crippen LogP contribution in [0, 0.1) is 0 Å². The van der Waals surface area contributed by atoms with Crippen molar-refractivity contribution in [2.75, 3.05) is 13.6 Å². The molecule has 0 aromatic carbocycles. The van der Waals surface area contributed by atoms with Crippen molar-refractivity contribution in [2.24, 2.45) is 0 Å². The van der Waals surface area contributed by atoms with Crippen LogP contribution < -0.4 is 5.32 Å². The van der Waals surface area contributed by atoms with Gasteiger partial charge in [-0.15, -0.1) is 0 Å². The number of nitrogens with zero attached hydrogens (tertiary/aromatic N) is 3. The number of hydrogen-bond donors (Lipinski definition) is 1. The topological polar surface area (TPSA) is 42.7 Å². The first-order valence-corrected chi connectivity index (χ1v) is 5.48. The fourth-order valence-corrected chi connectivity index (χ4v) is 1.67. The van der Waals surface area contributed by atoms with Crippen LogP contribution in [0.4, 0.5) is 0 Å². The molecular weight excluding hydrogens is 200 g/mol. The third-order valence-corrected chi connectivity index (χ3v) is 2.46. The van der Waals surface area contributed by atoms with Crippen LogP contribution in [0.5, 0.6) is 0 Å². The van der Waals surface area contributed by atoms with Crippen molar-refractivity contribution in [3.05, 3.63) is 36.9 Å². The van der Waals surface area contributed by atoms with E-state index >= 15 is 0 Å². The van der Waals surface area contributed by atoms with E-state index in [4.69, 9.17) is 0 Å². The highest BCUT2D eigenvalue weighted by molar-refractivity contribution is 5.53. The average Bonchev–Trinajstić information content (AvgIpc) is 2.79. The highest BCUT2D eigenvalue weighted by atomic mass is 15.1. The first-order chi connectivity index (χ1) is 7.92. The monoisotopic (exact) mass is 216 g/mol. The highest BCUT2D eigenvalue weighted by Crippen LogP contribution is 2.15. The molecule has 2 aromatic rings. The van der Waals surface area contributed by atoms with Crippen molar-refractivity contribution in [3.63, 3.8) is 0 Å². The van der Waals surface area contributed by atoms with Gasteiger partial charge in [0.05, 0.1) is 0 Å². The summed E-state index contributed by atoms with van der Waals surface area (Å²) in [7, 11) is 1.97. The Labute approximate surface area is 95.4 Å². The minimum absolute atomic E-state index is 0.977. The number of imidazole rings is 1. The quantitative estimate of drug-likeness (QED) is 0.771. The second-order valence-corrected chi connectivity index (χ2v) is 3.64.